The number of rotatable bonds is 2. The fourth-order valence-corrected chi connectivity index (χ4v) is 5.38. The van der Waals surface area contributed by atoms with Gasteiger partial charge in [0.05, 0.1) is 0 Å². The third-order valence-electron chi connectivity index (χ3n) is 6.92. The zero-order valence-corrected chi connectivity index (χ0v) is 16.4. The molecule has 0 nitrogen and oxygen atoms in total. The molecular weight excluding hydrogens is 383 g/mol. The van der Waals surface area contributed by atoms with Crippen LogP contribution in [0, 0.1) is 29.4 Å². The van der Waals surface area contributed by atoms with Crippen molar-refractivity contribution in [3.05, 3.63) is 59.2 Å². The van der Waals surface area contributed by atoms with Crippen molar-refractivity contribution >= 4 is 0 Å². The van der Waals surface area contributed by atoms with E-state index in [0.29, 0.717) is 11.5 Å². The molecule has 4 atom stereocenters. The first-order valence-electron chi connectivity index (χ1n) is 10.4. The monoisotopic (exact) mass is 408 g/mol. The Kier molecular flexibility index (Phi) is 5.43. The van der Waals surface area contributed by atoms with E-state index in [2.05, 4.69) is 6.92 Å². The van der Waals surface area contributed by atoms with Crippen LogP contribution in [0.1, 0.15) is 62.5 Å². The average Bonchev–Trinajstić information content (AvgIpc) is 2.66. The van der Waals surface area contributed by atoms with Crippen LogP contribution in [0.15, 0.2) is 36.4 Å². The molecule has 29 heavy (non-hydrogen) atoms. The maximum Gasteiger partial charge on any atom is 0.422 e. The lowest BCUT2D eigenvalue weighted by atomic mass is 9.64. The molecule has 2 aromatic carbocycles. The van der Waals surface area contributed by atoms with Gasteiger partial charge in [0.1, 0.15) is 17.2 Å². The van der Waals surface area contributed by atoms with E-state index in [0.717, 1.165) is 36.3 Å². The Morgan fingerprint density at radius 1 is 0.759 bits per heavy atom. The van der Waals surface area contributed by atoms with E-state index in [-0.39, 0.29) is 5.56 Å². The molecular formula is C24H25F5. The first-order chi connectivity index (χ1) is 13.7. The van der Waals surface area contributed by atoms with E-state index in [1.807, 2.05) is 12.1 Å². The first kappa shape index (κ1) is 20.4. The highest BCUT2D eigenvalue weighted by Crippen LogP contribution is 2.47. The smallest absolute Gasteiger partial charge is 0.206 e. The summed E-state index contributed by atoms with van der Waals surface area (Å²) in [5.74, 6) is -0.227. The van der Waals surface area contributed by atoms with Crippen LogP contribution in [0.2, 0.25) is 0 Å². The van der Waals surface area contributed by atoms with Crippen LogP contribution >= 0.6 is 0 Å². The first-order valence-corrected chi connectivity index (χ1v) is 10.4. The standard InChI is InChI=1S/C24H25F5/c1-14-2-3-19-11-18(9-8-17(19)10-14)15-4-6-16(7-5-15)20-12-21(25)23(22(26)13-20)24(27,28)29/h4-7,12-14,17-19H,2-3,8-11H2,1H3. The number of fused-ring (bicyclic) bond motifs is 1. The minimum Gasteiger partial charge on any atom is -0.206 e. The average molecular weight is 408 g/mol. The SMILES string of the molecule is CC1CCC2CC(c3ccc(-c4cc(F)c(C(F)(F)F)c(F)c4)cc3)CCC2C1. The maximum absolute atomic E-state index is 13.9. The van der Waals surface area contributed by atoms with Crippen LogP contribution < -0.4 is 0 Å². The second kappa shape index (κ2) is 7.73. The van der Waals surface area contributed by atoms with E-state index >= 15 is 0 Å². The van der Waals surface area contributed by atoms with Gasteiger partial charge in [0.2, 0.25) is 0 Å². The minimum absolute atomic E-state index is 0.115. The van der Waals surface area contributed by atoms with Crippen molar-refractivity contribution in [2.75, 3.05) is 0 Å². The van der Waals surface area contributed by atoms with Gasteiger partial charge in [0.25, 0.3) is 0 Å². The van der Waals surface area contributed by atoms with Crippen molar-refractivity contribution in [2.24, 2.45) is 17.8 Å². The number of benzene rings is 2. The molecule has 0 bridgehead atoms. The molecule has 0 aromatic heterocycles. The van der Waals surface area contributed by atoms with Crippen LogP contribution in [0.5, 0.6) is 0 Å². The summed E-state index contributed by atoms with van der Waals surface area (Å²) in [5, 5.41) is 0. The van der Waals surface area contributed by atoms with Gasteiger partial charge in [-0.1, -0.05) is 37.6 Å². The molecule has 4 rings (SSSR count). The molecule has 5 heteroatoms. The van der Waals surface area contributed by atoms with Crippen molar-refractivity contribution in [1.29, 1.82) is 0 Å². The Bertz CT molecular complexity index is 845. The van der Waals surface area contributed by atoms with E-state index in [4.69, 9.17) is 0 Å². The summed E-state index contributed by atoms with van der Waals surface area (Å²) in [5.41, 5.74) is 0.0000794. The highest BCUT2D eigenvalue weighted by molar-refractivity contribution is 5.64. The Morgan fingerprint density at radius 3 is 1.97 bits per heavy atom. The predicted molar refractivity (Wildman–Crippen MR) is 103 cm³/mol. The molecule has 2 aliphatic rings. The van der Waals surface area contributed by atoms with Crippen molar-refractivity contribution in [2.45, 2.75) is 57.5 Å². The molecule has 0 radical (unpaired) electrons. The van der Waals surface area contributed by atoms with Gasteiger partial charge in [-0.15, -0.1) is 0 Å². The van der Waals surface area contributed by atoms with Gasteiger partial charge in [-0.2, -0.15) is 13.2 Å². The number of hydrogen-bond acceptors (Lipinski definition) is 0. The van der Waals surface area contributed by atoms with Gasteiger partial charge >= 0.3 is 6.18 Å². The quantitative estimate of drug-likeness (QED) is 0.442. The molecule has 156 valence electrons. The van der Waals surface area contributed by atoms with Crippen molar-refractivity contribution in [3.63, 3.8) is 0 Å². The Morgan fingerprint density at radius 2 is 1.34 bits per heavy atom. The molecule has 0 saturated heterocycles. The van der Waals surface area contributed by atoms with E-state index in [1.165, 1.54) is 37.7 Å². The van der Waals surface area contributed by atoms with Gasteiger partial charge in [-0.05, 0) is 84.6 Å². The van der Waals surface area contributed by atoms with E-state index in [9.17, 15) is 22.0 Å². The normalized spacial score (nSPS) is 27.5. The Hall–Kier alpha value is -1.91. The summed E-state index contributed by atoms with van der Waals surface area (Å²) in [6, 6.07) is 8.95. The topological polar surface area (TPSA) is 0 Å². The lowest BCUT2D eigenvalue weighted by Gasteiger charge is -2.41. The maximum atomic E-state index is 13.9. The lowest BCUT2D eigenvalue weighted by Crippen LogP contribution is -2.29. The van der Waals surface area contributed by atoms with E-state index in [1.54, 1.807) is 12.1 Å². The third-order valence-corrected chi connectivity index (χ3v) is 6.92. The van der Waals surface area contributed by atoms with Gasteiger partial charge < -0.3 is 0 Å². The summed E-state index contributed by atoms with van der Waals surface area (Å²) >= 11 is 0. The van der Waals surface area contributed by atoms with Gasteiger partial charge in [-0.3, -0.25) is 0 Å². The van der Waals surface area contributed by atoms with Crippen LogP contribution in [0.3, 0.4) is 0 Å². The molecule has 2 fully saturated rings. The molecule has 2 aromatic rings. The molecule has 2 saturated carbocycles. The fourth-order valence-electron chi connectivity index (χ4n) is 5.38. The van der Waals surface area contributed by atoms with Crippen molar-refractivity contribution in [3.8, 4) is 11.1 Å². The molecule has 0 amide bonds. The summed E-state index contributed by atoms with van der Waals surface area (Å²) in [7, 11) is 0. The summed E-state index contributed by atoms with van der Waals surface area (Å²) in [6.07, 6.45) is 2.46. The van der Waals surface area contributed by atoms with Gasteiger partial charge in [0.15, 0.2) is 0 Å². The highest BCUT2D eigenvalue weighted by Gasteiger charge is 2.38. The second-order valence-corrected chi connectivity index (χ2v) is 8.88. The largest absolute Gasteiger partial charge is 0.422 e. The summed E-state index contributed by atoms with van der Waals surface area (Å²) in [4.78, 5) is 0. The number of hydrogen-bond donors (Lipinski definition) is 0. The minimum atomic E-state index is -5.05. The molecule has 0 spiro atoms. The number of alkyl halides is 3. The van der Waals surface area contributed by atoms with E-state index < -0.39 is 23.4 Å². The highest BCUT2D eigenvalue weighted by atomic mass is 19.4. The summed E-state index contributed by atoms with van der Waals surface area (Å²) < 4.78 is 66.1. The second-order valence-electron chi connectivity index (χ2n) is 8.88. The van der Waals surface area contributed by atoms with Crippen molar-refractivity contribution in [1.82, 2.24) is 0 Å². The molecule has 0 heterocycles. The molecule has 2 aliphatic carbocycles. The van der Waals surface area contributed by atoms with Gasteiger partial charge in [-0.25, -0.2) is 8.78 Å². The fraction of sp³-hybridized carbons (Fsp3) is 0.500. The predicted octanol–water partition coefficient (Wildman–Crippen LogP) is 7.97. The van der Waals surface area contributed by atoms with Crippen LogP contribution in [-0.4, -0.2) is 0 Å². The number of halogens is 5. The Labute approximate surface area is 168 Å². The zero-order chi connectivity index (χ0) is 20.8. The molecule has 4 unspecified atom stereocenters. The third kappa shape index (κ3) is 4.19. The molecule has 0 N–H and O–H groups in total. The molecule has 0 aliphatic heterocycles. The summed E-state index contributed by atoms with van der Waals surface area (Å²) in [6.45, 7) is 2.34. The van der Waals surface area contributed by atoms with Crippen molar-refractivity contribution < 1.29 is 22.0 Å². The van der Waals surface area contributed by atoms with Crippen LogP contribution in [-0.2, 0) is 6.18 Å². The van der Waals surface area contributed by atoms with Crippen LogP contribution in [0.4, 0.5) is 22.0 Å². The Balaban J connectivity index is 1.52. The zero-order valence-electron chi connectivity index (χ0n) is 16.4. The van der Waals surface area contributed by atoms with Crippen LogP contribution in [0.25, 0.3) is 11.1 Å². The van der Waals surface area contributed by atoms with Gasteiger partial charge in [0, 0.05) is 0 Å². The lowest BCUT2D eigenvalue weighted by molar-refractivity contribution is -0.142.